The lowest BCUT2D eigenvalue weighted by Crippen LogP contribution is -2.30. The number of benzene rings is 2. The number of primary amides is 1. The monoisotopic (exact) mass is 522 g/mol. The lowest BCUT2D eigenvalue weighted by Gasteiger charge is -2.13. The molecular weight excluding hydrogens is 500 g/mol. The summed E-state index contributed by atoms with van der Waals surface area (Å²) in [5.41, 5.74) is 7.02. The number of amides is 3. The lowest BCUT2D eigenvalue weighted by molar-refractivity contribution is 0.0997. The molecule has 0 unspecified atom stereocenters. The highest BCUT2D eigenvalue weighted by molar-refractivity contribution is 7.85. The van der Waals surface area contributed by atoms with Crippen LogP contribution in [0.15, 0.2) is 42.6 Å². The fourth-order valence-electron chi connectivity index (χ4n) is 3.02. The predicted molar refractivity (Wildman–Crippen MR) is 130 cm³/mol. The Bertz CT molecular complexity index is 1370. The number of nitrogens with two attached hydrogens (primary N) is 1. The maximum atomic E-state index is 11.9. The summed E-state index contributed by atoms with van der Waals surface area (Å²) < 4.78 is 31.8. The number of pyridine rings is 1. The van der Waals surface area contributed by atoms with Crippen LogP contribution in [0.1, 0.15) is 28.8 Å². The molecule has 0 atom stereocenters. The van der Waals surface area contributed by atoms with Crippen molar-refractivity contribution in [2.75, 3.05) is 11.6 Å². The van der Waals surface area contributed by atoms with Gasteiger partial charge in [-0.25, -0.2) is 4.79 Å². The van der Waals surface area contributed by atoms with Gasteiger partial charge in [0.2, 0.25) is 5.91 Å². The number of aliphatic hydroxyl groups excluding tert-OH is 1. The minimum atomic E-state index is -3.67. The van der Waals surface area contributed by atoms with Gasteiger partial charge in [-0.1, -0.05) is 11.6 Å². The van der Waals surface area contributed by atoms with Crippen molar-refractivity contribution in [2.45, 2.75) is 25.5 Å². The van der Waals surface area contributed by atoms with Crippen LogP contribution < -0.4 is 21.1 Å². The number of hydrogen-bond acceptors (Lipinski definition) is 7. The van der Waals surface area contributed by atoms with E-state index in [9.17, 15) is 23.1 Å². The third kappa shape index (κ3) is 7.79. The Morgan fingerprint density at radius 3 is 2.49 bits per heavy atom. The van der Waals surface area contributed by atoms with Crippen molar-refractivity contribution < 1.29 is 32.4 Å². The zero-order valence-electron chi connectivity index (χ0n) is 18.5. The van der Waals surface area contributed by atoms with Gasteiger partial charge in [0.15, 0.2) is 0 Å². The van der Waals surface area contributed by atoms with Crippen LogP contribution >= 0.6 is 11.6 Å². The number of nitrogens with zero attached hydrogens (tertiary/aromatic N) is 1. The van der Waals surface area contributed by atoms with E-state index in [0.29, 0.717) is 44.9 Å². The fraction of sp³-hybridized carbons (Fsp3) is 0.227. The van der Waals surface area contributed by atoms with E-state index < -0.39 is 16.0 Å². The Labute approximate surface area is 206 Å². The zero-order valence-corrected chi connectivity index (χ0v) is 20.1. The number of urea groups is 1. The average molecular weight is 523 g/mol. The van der Waals surface area contributed by atoms with E-state index >= 15 is 0 Å². The third-order valence-electron chi connectivity index (χ3n) is 4.69. The summed E-state index contributed by atoms with van der Waals surface area (Å²) in [7, 11) is -3.67. The quantitative estimate of drug-likeness (QED) is 0.306. The van der Waals surface area contributed by atoms with E-state index in [-0.39, 0.29) is 24.2 Å². The first kappa shape index (κ1) is 26.2. The molecule has 3 amide bonds. The number of carbonyl (C=O) groups excluding carboxylic acids is 2. The largest absolute Gasteiger partial charge is 0.457 e. The van der Waals surface area contributed by atoms with Crippen molar-refractivity contribution >= 4 is 50.2 Å². The van der Waals surface area contributed by atoms with Crippen LogP contribution in [0.4, 0.5) is 10.5 Å². The molecule has 0 bridgehead atoms. The number of nitrogens with one attached hydrogen (secondary N) is 2. The highest BCUT2D eigenvalue weighted by Gasteiger charge is 2.23. The second-order valence-corrected chi connectivity index (χ2v) is 9.58. The number of aliphatic hydroxyl groups is 1. The maximum Gasteiger partial charge on any atom is 0.319 e. The summed E-state index contributed by atoms with van der Waals surface area (Å²) in [6, 6.07) is 9.63. The minimum Gasteiger partial charge on any atom is -0.457 e. The molecule has 4 rings (SSSR count). The molecule has 2 aromatic carbocycles. The Hall–Kier alpha value is -3.45. The molecule has 1 aliphatic carbocycles. The zero-order chi connectivity index (χ0) is 25.8. The number of ether oxygens (including phenoxy) is 1. The molecule has 1 fully saturated rings. The number of hydrogen-bond donors (Lipinski definition) is 5. The number of rotatable bonds is 6. The second kappa shape index (κ2) is 10.9. The molecular formula is C22H23ClN4O7S. The van der Waals surface area contributed by atoms with E-state index in [1.165, 1.54) is 0 Å². The van der Waals surface area contributed by atoms with Crippen molar-refractivity contribution in [1.29, 1.82) is 0 Å². The summed E-state index contributed by atoms with van der Waals surface area (Å²) in [6.45, 7) is -0.334. The number of carbonyl (C=O) groups is 2. The summed E-state index contributed by atoms with van der Waals surface area (Å²) in [5.74, 6) is 0.224. The van der Waals surface area contributed by atoms with E-state index in [0.717, 1.165) is 12.8 Å². The molecule has 13 heteroatoms. The molecule has 0 saturated heterocycles. The van der Waals surface area contributed by atoms with Crippen molar-refractivity contribution in [3.8, 4) is 11.5 Å². The maximum absolute atomic E-state index is 11.9. The van der Waals surface area contributed by atoms with Gasteiger partial charge < -0.3 is 26.2 Å². The Morgan fingerprint density at radius 2 is 1.91 bits per heavy atom. The Kier molecular flexibility index (Phi) is 8.12. The highest BCUT2D eigenvalue weighted by atomic mass is 35.5. The van der Waals surface area contributed by atoms with Gasteiger partial charge in [-0.15, -0.1) is 0 Å². The Balaban J connectivity index is 0.000000623. The molecule has 35 heavy (non-hydrogen) atoms. The van der Waals surface area contributed by atoms with Crippen molar-refractivity contribution in [3.05, 3.63) is 58.7 Å². The average Bonchev–Trinajstić information content (AvgIpc) is 3.57. The lowest BCUT2D eigenvalue weighted by atomic mass is 10.0. The standard InChI is InChI=1S/C21H19ClN4O4.CH4O3S/c22-16-8-13(3-4-17(16)26-21(29)25-12-1-2-12)30-19-5-6-24-18-7-11(10-27)14(20(23)28)9-15(18)19;1-5(2,3)4/h3-9,12,27H,1-2,10H2,(H2,23,28)(H2,25,26,29);1H3,(H,2,3,4). The molecule has 0 aliphatic heterocycles. The molecule has 1 saturated carbocycles. The van der Waals surface area contributed by atoms with Gasteiger partial charge in [0.05, 0.1) is 29.1 Å². The summed E-state index contributed by atoms with van der Waals surface area (Å²) in [5, 5.41) is 15.9. The molecule has 11 nitrogen and oxygen atoms in total. The fourth-order valence-corrected chi connectivity index (χ4v) is 3.24. The van der Waals surface area contributed by atoms with E-state index in [4.69, 9.17) is 26.6 Å². The summed E-state index contributed by atoms with van der Waals surface area (Å²) in [6.07, 6.45) is 4.26. The summed E-state index contributed by atoms with van der Waals surface area (Å²) in [4.78, 5) is 27.9. The molecule has 1 aliphatic rings. The summed E-state index contributed by atoms with van der Waals surface area (Å²) >= 11 is 6.29. The van der Waals surface area contributed by atoms with Crippen LogP contribution in [0.3, 0.4) is 0 Å². The van der Waals surface area contributed by atoms with Crippen LogP contribution in [0.2, 0.25) is 5.02 Å². The minimum absolute atomic E-state index is 0.196. The molecule has 1 heterocycles. The van der Waals surface area contributed by atoms with Gasteiger partial charge in [-0.2, -0.15) is 8.42 Å². The van der Waals surface area contributed by atoms with Gasteiger partial charge in [-0.05, 0) is 48.7 Å². The second-order valence-electron chi connectivity index (χ2n) is 7.71. The first-order chi connectivity index (χ1) is 16.4. The number of aromatic nitrogens is 1. The highest BCUT2D eigenvalue weighted by Crippen LogP contribution is 2.34. The SMILES string of the molecule is CS(=O)(=O)O.NC(=O)c1cc2c(Oc3ccc(NC(=O)NC4CC4)c(Cl)c3)ccnc2cc1CO. The first-order valence-electron chi connectivity index (χ1n) is 10.2. The van der Waals surface area contributed by atoms with Crippen LogP contribution in [-0.2, 0) is 16.7 Å². The van der Waals surface area contributed by atoms with E-state index in [1.807, 2.05) is 0 Å². The smallest absolute Gasteiger partial charge is 0.319 e. The topological polar surface area (TPSA) is 181 Å². The van der Waals surface area contributed by atoms with Crippen LogP contribution in [0, 0.1) is 0 Å². The van der Waals surface area contributed by atoms with Gasteiger partial charge in [-0.3, -0.25) is 14.3 Å². The molecule has 0 spiro atoms. The molecule has 0 radical (unpaired) electrons. The number of anilines is 1. The van der Waals surface area contributed by atoms with Gasteiger partial charge in [0.25, 0.3) is 10.1 Å². The van der Waals surface area contributed by atoms with Crippen molar-refractivity contribution in [3.63, 3.8) is 0 Å². The Morgan fingerprint density at radius 1 is 1.23 bits per heavy atom. The third-order valence-corrected chi connectivity index (χ3v) is 5.00. The first-order valence-corrected chi connectivity index (χ1v) is 12.5. The van der Waals surface area contributed by atoms with E-state index in [2.05, 4.69) is 15.6 Å². The van der Waals surface area contributed by atoms with Gasteiger partial charge in [0.1, 0.15) is 11.5 Å². The van der Waals surface area contributed by atoms with Gasteiger partial charge >= 0.3 is 6.03 Å². The van der Waals surface area contributed by atoms with Crippen LogP contribution in [0.5, 0.6) is 11.5 Å². The number of fused-ring (bicyclic) bond motifs is 1. The number of halogens is 1. The molecule has 1 aromatic heterocycles. The molecule has 3 aromatic rings. The van der Waals surface area contributed by atoms with Crippen LogP contribution in [-0.4, -0.2) is 47.3 Å². The van der Waals surface area contributed by atoms with Crippen molar-refractivity contribution in [1.82, 2.24) is 10.3 Å². The normalized spacial score (nSPS) is 12.9. The van der Waals surface area contributed by atoms with Crippen LogP contribution in [0.25, 0.3) is 10.9 Å². The predicted octanol–water partition coefficient (Wildman–Crippen LogP) is 3.06. The molecule has 6 N–H and O–H groups in total. The molecule has 186 valence electrons. The van der Waals surface area contributed by atoms with Crippen molar-refractivity contribution in [2.24, 2.45) is 5.73 Å². The van der Waals surface area contributed by atoms with Gasteiger partial charge in [0, 0.05) is 29.3 Å². The van der Waals surface area contributed by atoms with E-state index in [1.54, 1.807) is 42.6 Å².